The Bertz CT molecular complexity index is 320. The molecule has 8 heteroatoms. The molecule has 1 fully saturated rings. The largest absolute Gasteiger partial charge is 0.480 e. The summed E-state index contributed by atoms with van der Waals surface area (Å²) in [7, 11) is 0. The molecule has 1 atom stereocenters. The number of rotatable bonds is 5. The van der Waals surface area contributed by atoms with E-state index in [-0.39, 0.29) is 13.0 Å². The summed E-state index contributed by atoms with van der Waals surface area (Å²) in [5.74, 6) is -3.29. The third-order valence-corrected chi connectivity index (χ3v) is 2.42. The van der Waals surface area contributed by atoms with Gasteiger partial charge in [0.1, 0.15) is 18.6 Å². The van der Waals surface area contributed by atoms with Gasteiger partial charge in [0.25, 0.3) is 0 Å². The molecule has 96 valence electrons. The average Bonchev–Trinajstić information content (AvgIpc) is 2.63. The number of aliphatic carboxylic acids is 2. The fraction of sp³-hybridized carbons (Fsp3) is 0.667. The Morgan fingerprint density at radius 2 is 1.76 bits per heavy atom. The van der Waals surface area contributed by atoms with Crippen molar-refractivity contribution in [2.24, 2.45) is 5.73 Å². The van der Waals surface area contributed by atoms with Gasteiger partial charge in [0.2, 0.25) is 5.91 Å². The summed E-state index contributed by atoms with van der Waals surface area (Å²) in [6.07, 6.45) is 0.252. The lowest BCUT2D eigenvalue weighted by Gasteiger charge is -2.28. The summed E-state index contributed by atoms with van der Waals surface area (Å²) >= 11 is 0. The zero-order valence-electron chi connectivity index (χ0n) is 9.09. The number of amides is 1. The minimum atomic E-state index is -1.31. The number of carbonyl (C=O) groups excluding carboxylic acids is 1. The number of carboxylic acid groups (broad SMARTS) is 2. The average molecular weight is 246 g/mol. The molecule has 1 rings (SSSR count). The number of hydrogen-bond acceptors (Lipinski definition) is 5. The van der Waals surface area contributed by atoms with Crippen LogP contribution in [0.25, 0.3) is 0 Å². The second-order valence-corrected chi connectivity index (χ2v) is 3.91. The van der Waals surface area contributed by atoms with Crippen LogP contribution in [-0.4, -0.2) is 64.8 Å². The van der Waals surface area contributed by atoms with Crippen LogP contribution < -0.4 is 5.73 Å². The maximum atomic E-state index is 11.9. The number of carbonyl (C=O) groups is 3. The van der Waals surface area contributed by atoms with Crippen LogP contribution in [0.1, 0.15) is 6.42 Å². The first kappa shape index (κ1) is 13.4. The minimum Gasteiger partial charge on any atom is -0.480 e. The fourth-order valence-electron chi connectivity index (χ4n) is 1.59. The van der Waals surface area contributed by atoms with Crippen molar-refractivity contribution in [3.05, 3.63) is 0 Å². The molecule has 1 heterocycles. The van der Waals surface area contributed by atoms with Gasteiger partial charge >= 0.3 is 11.9 Å². The Morgan fingerprint density at radius 1 is 1.24 bits per heavy atom. The molecule has 1 aliphatic heterocycles. The van der Waals surface area contributed by atoms with Crippen molar-refractivity contribution < 1.29 is 29.3 Å². The van der Waals surface area contributed by atoms with E-state index in [1.807, 2.05) is 0 Å². The molecule has 1 aliphatic rings. The smallest absolute Gasteiger partial charge is 0.323 e. The highest BCUT2D eigenvalue weighted by atomic mass is 16.5. The number of nitrogens with two attached hydrogens (primary N) is 1. The Morgan fingerprint density at radius 3 is 2.12 bits per heavy atom. The standard InChI is InChI=1S/C9H14N2O6/c10-9(1-2-17-5-9)8(16)11(3-6(12)13)4-7(14)15/h1-5,10H2,(H,12,13)(H,14,15). The zero-order chi connectivity index (χ0) is 13.1. The van der Waals surface area contributed by atoms with E-state index in [0.29, 0.717) is 11.5 Å². The summed E-state index contributed by atoms with van der Waals surface area (Å²) in [6.45, 7) is -1.11. The Kier molecular flexibility index (Phi) is 4.02. The lowest BCUT2D eigenvalue weighted by molar-refractivity contribution is -0.151. The molecule has 8 nitrogen and oxygen atoms in total. The molecular formula is C9H14N2O6. The second-order valence-electron chi connectivity index (χ2n) is 3.91. The molecule has 0 aliphatic carbocycles. The van der Waals surface area contributed by atoms with Gasteiger partial charge in [0.15, 0.2) is 0 Å². The summed E-state index contributed by atoms with van der Waals surface area (Å²) in [5.41, 5.74) is 4.44. The molecule has 0 aromatic carbocycles. The summed E-state index contributed by atoms with van der Waals surface area (Å²) in [6, 6.07) is 0. The SMILES string of the molecule is NC1(C(=O)N(CC(=O)O)CC(=O)O)CCOC1. The van der Waals surface area contributed by atoms with Crippen molar-refractivity contribution >= 4 is 17.8 Å². The molecule has 1 saturated heterocycles. The van der Waals surface area contributed by atoms with Gasteiger partial charge in [0.05, 0.1) is 6.61 Å². The third-order valence-electron chi connectivity index (χ3n) is 2.42. The lowest BCUT2D eigenvalue weighted by atomic mass is 9.98. The monoisotopic (exact) mass is 246 g/mol. The highest BCUT2D eigenvalue weighted by Crippen LogP contribution is 2.18. The van der Waals surface area contributed by atoms with Gasteiger partial charge in [-0.05, 0) is 6.42 Å². The van der Waals surface area contributed by atoms with Gasteiger partial charge in [-0.2, -0.15) is 0 Å². The molecule has 0 bridgehead atoms. The van der Waals surface area contributed by atoms with E-state index < -0.39 is 36.5 Å². The fourth-order valence-corrected chi connectivity index (χ4v) is 1.59. The van der Waals surface area contributed by atoms with Gasteiger partial charge in [-0.25, -0.2) is 0 Å². The topological polar surface area (TPSA) is 130 Å². The molecule has 4 N–H and O–H groups in total. The summed E-state index contributed by atoms with van der Waals surface area (Å²) < 4.78 is 4.97. The molecule has 0 aromatic heterocycles. The number of nitrogens with zero attached hydrogens (tertiary/aromatic N) is 1. The van der Waals surface area contributed by atoms with Crippen LogP contribution in [0.4, 0.5) is 0 Å². The van der Waals surface area contributed by atoms with Crippen molar-refractivity contribution in [3.63, 3.8) is 0 Å². The number of carboxylic acids is 2. The third kappa shape index (κ3) is 3.40. The molecule has 17 heavy (non-hydrogen) atoms. The molecular weight excluding hydrogens is 232 g/mol. The summed E-state index contributed by atoms with van der Waals surface area (Å²) in [4.78, 5) is 33.8. The van der Waals surface area contributed by atoms with E-state index >= 15 is 0 Å². The van der Waals surface area contributed by atoms with E-state index in [1.54, 1.807) is 0 Å². The molecule has 0 saturated carbocycles. The van der Waals surface area contributed by atoms with Gasteiger partial charge < -0.3 is 25.6 Å². The molecule has 0 radical (unpaired) electrons. The van der Waals surface area contributed by atoms with Crippen molar-refractivity contribution in [3.8, 4) is 0 Å². The second kappa shape index (κ2) is 5.11. The lowest BCUT2D eigenvalue weighted by Crippen LogP contribution is -2.57. The van der Waals surface area contributed by atoms with Crippen LogP contribution in [0.2, 0.25) is 0 Å². The molecule has 0 aromatic rings. The van der Waals surface area contributed by atoms with Crippen LogP contribution in [0.3, 0.4) is 0 Å². The van der Waals surface area contributed by atoms with Gasteiger partial charge in [0, 0.05) is 6.61 Å². The normalized spacial score (nSPS) is 23.4. The number of ether oxygens (including phenoxy) is 1. The first-order valence-electron chi connectivity index (χ1n) is 4.95. The van der Waals surface area contributed by atoms with Crippen LogP contribution >= 0.6 is 0 Å². The predicted octanol–water partition coefficient (Wildman–Crippen LogP) is -1.90. The maximum Gasteiger partial charge on any atom is 0.323 e. The quantitative estimate of drug-likeness (QED) is 0.516. The van der Waals surface area contributed by atoms with Gasteiger partial charge in [-0.1, -0.05) is 0 Å². The first-order valence-corrected chi connectivity index (χ1v) is 4.95. The molecule has 1 amide bonds. The van der Waals surface area contributed by atoms with Crippen LogP contribution in [0.15, 0.2) is 0 Å². The highest BCUT2D eigenvalue weighted by molar-refractivity contribution is 5.91. The summed E-state index contributed by atoms with van der Waals surface area (Å²) in [5, 5.41) is 17.2. The minimum absolute atomic E-state index is 0.0262. The van der Waals surface area contributed by atoms with Crippen molar-refractivity contribution in [1.82, 2.24) is 4.90 Å². The van der Waals surface area contributed by atoms with E-state index in [9.17, 15) is 14.4 Å². The van der Waals surface area contributed by atoms with Crippen molar-refractivity contribution in [1.29, 1.82) is 0 Å². The Balaban J connectivity index is 2.77. The van der Waals surface area contributed by atoms with E-state index in [4.69, 9.17) is 20.7 Å². The van der Waals surface area contributed by atoms with Crippen LogP contribution in [-0.2, 0) is 19.1 Å². The zero-order valence-corrected chi connectivity index (χ0v) is 9.09. The van der Waals surface area contributed by atoms with Crippen molar-refractivity contribution in [2.75, 3.05) is 26.3 Å². The predicted molar refractivity (Wildman–Crippen MR) is 54.2 cm³/mol. The Labute approximate surface area is 96.9 Å². The van der Waals surface area contributed by atoms with Crippen LogP contribution in [0.5, 0.6) is 0 Å². The van der Waals surface area contributed by atoms with E-state index in [0.717, 1.165) is 0 Å². The first-order chi connectivity index (χ1) is 7.85. The van der Waals surface area contributed by atoms with E-state index in [2.05, 4.69) is 0 Å². The van der Waals surface area contributed by atoms with Gasteiger partial charge in [-0.15, -0.1) is 0 Å². The van der Waals surface area contributed by atoms with Gasteiger partial charge in [-0.3, -0.25) is 14.4 Å². The maximum absolute atomic E-state index is 11.9. The van der Waals surface area contributed by atoms with Crippen molar-refractivity contribution in [2.45, 2.75) is 12.0 Å². The van der Waals surface area contributed by atoms with Crippen LogP contribution in [0, 0.1) is 0 Å². The molecule has 0 spiro atoms. The molecule has 1 unspecified atom stereocenters. The highest BCUT2D eigenvalue weighted by Gasteiger charge is 2.42. The number of hydrogen-bond donors (Lipinski definition) is 3. The Hall–Kier alpha value is -1.67. The van der Waals surface area contributed by atoms with E-state index in [1.165, 1.54) is 0 Å².